The van der Waals surface area contributed by atoms with Crippen LogP contribution in [0.3, 0.4) is 0 Å². The summed E-state index contributed by atoms with van der Waals surface area (Å²) in [4.78, 5) is 4.89. The summed E-state index contributed by atoms with van der Waals surface area (Å²) in [5.74, 6) is 2.18. The third kappa shape index (κ3) is 2.47. The predicted molar refractivity (Wildman–Crippen MR) is 96.3 cm³/mol. The molecule has 5 nitrogen and oxygen atoms in total. The Bertz CT molecular complexity index is 775. The summed E-state index contributed by atoms with van der Waals surface area (Å²) in [6, 6.07) is 4.64. The molecule has 0 bridgehead atoms. The summed E-state index contributed by atoms with van der Waals surface area (Å²) in [6.07, 6.45) is 3.35. The second-order valence-electron chi connectivity index (χ2n) is 6.83. The van der Waals surface area contributed by atoms with Crippen LogP contribution >= 0.6 is 0 Å². The molecule has 0 spiro atoms. The minimum absolute atomic E-state index is 0.591. The largest absolute Gasteiger partial charge is 0.493 e. The van der Waals surface area contributed by atoms with Gasteiger partial charge in [0, 0.05) is 47.9 Å². The lowest BCUT2D eigenvalue weighted by atomic mass is 9.93. The first-order valence-electron chi connectivity index (χ1n) is 8.76. The number of methoxy groups -OCH3 is 2. The third-order valence-corrected chi connectivity index (χ3v) is 5.47. The molecule has 1 aromatic carbocycles. The molecule has 1 unspecified atom stereocenters. The lowest BCUT2D eigenvalue weighted by Crippen LogP contribution is -2.53. The zero-order chi connectivity index (χ0) is 16.7. The van der Waals surface area contributed by atoms with Crippen LogP contribution in [0.15, 0.2) is 12.1 Å². The van der Waals surface area contributed by atoms with E-state index in [-0.39, 0.29) is 0 Å². The molecule has 2 aliphatic rings. The number of hydrogen-bond donors (Lipinski definition) is 2. The van der Waals surface area contributed by atoms with Crippen LogP contribution in [0.25, 0.3) is 10.9 Å². The Morgan fingerprint density at radius 3 is 2.67 bits per heavy atom. The number of anilines is 1. The summed E-state index contributed by atoms with van der Waals surface area (Å²) < 4.78 is 11.0. The van der Waals surface area contributed by atoms with Gasteiger partial charge in [-0.25, -0.2) is 0 Å². The molecular formula is C19H25N3O2. The number of ether oxygens (including phenoxy) is 2. The van der Waals surface area contributed by atoms with Crippen molar-refractivity contribution in [2.75, 3.05) is 32.6 Å². The highest BCUT2D eigenvalue weighted by Crippen LogP contribution is 2.39. The lowest BCUT2D eigenvalue weighted by Gasteiger charge is -2.36. The molecule has 128 valence electrons. The normalized spacial score (nSPS) is 22.1. The zero-order valence-corrected chi connectivity index (χ0v) is 14.6. The Labute approximate surface area is 142 Å². The molecule has 2 atom stereocenters. The third-order valence-electron chi connectivity index (χ3n) is 5.47. The molecule has 2 heterocycles. The van der Waals surface area contributed by atoms with Crippen LogP contribution in [-0.4, -0.2) is 38.3 Å². The van der Waals surface area contributed by atoms with Crippen LogP contribution in [0.4, 0.5) is 5.69 Å². The molecule has 0 amide bonds. The Kier molecular flexibility index (Phi) is 3.96. The van der Waals surface area contributed by atoms with Crippen LogP contribution < -0.4 is 20.1 Å². The summed E-state index contributed by atoms with van der Waals surface area (Å²) in [5.41, 5.74) is 4.84. The van der Waals surface area contributed by atoms with E-state index in [1.54, 1.807) is 14.2 Å². The van der Waals surface area contributed by atoms with Gasteiger partial charge in [-0.15, -0.1) is 0 Å². The highest BCUT2D eigenvalue weighted by molar-refractivity contribution is 5.96. The van der Waals surface area contributed by atoms with Crippen molar-refractivity contribution in [3.8, 4) is 11.5 Å². The van der Waals surface area contributed by atoms with Crippen molar-refractivity contribution in [1.29, 1.82) is 0 Å². The van der Waals surface area contributed by atoms with Crippen molar-refractivity contribution < 1.29 is 9.47 Å². The van der Waals surface area contributed by atoms with E-state index in [4.69, 9.17) is 14.5 Å². The van der Waals surface area contributed by atoms with E-state index < -0.39 is 0 Å². The number of nitrogens with zero attached hydrogens (tertiary/aromatic N) is 1. The van der Waals surface area contributed by atoms with Gasteiger partial charge in [0.15, 0.2) is 11.5 Å². The number of aryl methyl sites for hydroxylation is 1. The fraction of sp³-hybridized carbons (Fsp3) is 0.526. The Morgan fingerprint density at radius 2 is 2.00 bits per heavy atom. The molecule has 1 aliphatic carbocycles. The van der Waals surface area contributed by atoms with E-state index in [0.717, 1.165) is 48.3 Å². The Balaban J connectivity index is 1.79. The lowest BCUT2D eigenvalue weighted by molar-refractivity contribution is 0.264. The molecule has 1 aliphatic heterocycles. The van der Waals surface area contributed by atoms with Crippen LogP contribution in [0.2, 0.25) is 0 Å². The minimum Gasteiger partial charge on any atom is -0.493 e. The van der Waals surface area contributed by atoms with Crippen LogP contribution in [0, 0.1) is 5.92 Å². The van der Waals surface area contributed by atoms with Crippen molar-refractivity contribution in [3.63, 3.8) is 0 Å². The molecule has 2 N–H and O–H groups in total. The summed E-state index contributed by atoms with van der Waals surface area (Å²) in [5, 5.41) is 8.29. The summed E-state index contributed by atoms with van der Waals surface area (Å²) in [6.45, 7) is 4.34. The second kappa shape index (κ2) is 6.13. The maximum Gasteiger partial charge on any atom is 0.162 e. The molecule has 0 saturated carbocycles. The SMILES string of the molecule is COc1cc2nc3c(c(NCC4CN[C@H]4C)c2cc1OC)CCC3. The molecule has 1 aromatic heterocycles. The molecule has 1 saturated heterocycles. The zero-order valence-electron chi connectivity index (χ0n) is 14.6. The van der Waals surface area contributed by atoms with Gasteiger partial charge in [-0.1, -0.05) is 0 Å². The van der Waals surface area contributed by atoms with Crippen molar-refractivity contribution in [1.82, 2.24) is 10.3 Å². The van der Waals surface area contributed by atoms with Gasteiger partial charge in [0.25, 0.3) is 0 Å². The van der Waals surface area contributed by atoms with Crippen molar-refractivity contribution in [2.24, 2.45) is 5.92 Å². The van der Waals surface area contributed by atoms with Gasteiger partial charge < -0.3 is 20.1 Å². The van der Waals surface area contributed by atoms with Crippen molar-refractivity contribution in [2.45, 2.75) is 32.2 Å². The van der Waals surface area contributed by atoms with Crippen LogP contribution in [0.1, 0.15) is 24.6 Å². The van der Waals surface area contributed by atoms with E-state index in [0.29, 0.717) is 12.0 Å². The van der Waals surface area contributed by atoms with Crippen LogP contribution in [-0.2, 0) is 12.8 Å². The molecule has 0 radical (unpaired) electrons. The van der Waals surface area contributed by atoms with E-state index in [2.05, 4.69) is 23.6 Å². The molecule has 2 aromatic rings. The van der Waals surface area contributed by atoms with E-state index in [9.17, 15) is 0 Å². The minimum atomic E-state index is 0.591. The highest BCUT2D eigenvalue weighted by atomic mass is 16.5. The number of benzene rings is 1. The fourth-order valence-corrected chi connectivity index (χ4v) is 3.79. The standard InChI is InChI=1S/C19H25N3O2/c1-11-12(9-20-11)10-21-19-13-5-4-6-15(13)22-16-8-18(24-3)17(23-2)7-14(16)19/h7-8,11-12,20H,4-6,9-10H2,1-3H3,(H,21,22)/t11-,12?/m0/s1. The van der Waals surface area contributed by atoms with E-state index in [1.165, 1.54) is 23.4 Å². The van der Waals surface area contributed by atoms with Gasteiger partial charge in [0.05, 0.1) is 19.7 Å². The quantitative estimate of drug-likeness (QED) is 0.884. The van der Waals surface area contributed by atoms with Gasteiger partial charge in [-0.05, 0) is 37.8 Å². The molecule has 24 heavy (non-hydrogen) atoms. The predicted octanol–water partition coefficient (Wildman–Crippen LogP) is 2.76. The van der Waals surface area contributed by atoms with Gasteiger partial charge in [0.1, 0.15) is 0 Å². The smallest absolute Gasteiger partial charge is 0.162 e. The number of rotatable bonds is 5. The van der Waals surface area contributed by atoms with Crippen molar-refractivity contribution >= 4 is 16.6 Å². The van der Waals surface area contributed by atoms with Gasteiger partial charge in [-0.3, -0.25) is 4.98 Å². The summed E-state index contributed by atoms with van der Waals surface area (Å²) >= 11 is 0. The topological polar surface area (TPSA) is 55.4 Å². The molecular weight excluding hydrogens is 302 g/mol. The average molecular weight is 327 g/mol. The maximum atomic E-state index is 5.50. The van der Waals surface area contributed by atoms with E-state index >= 15 is 0 Å². The monoisotopic (exact) mass is 327 g/mol. The second-order valence-corrected chi connectivity index (χ2v) is 6.83. The highest BCUT2D eigenvalue weighted by Gasteiger charge is 2.27. The average Bonchev–Trinajstić information content (AvgIpc) is 3.06. The van der Waals surface area contributed by atoms with Gasteiger partial charge in [0.2, 0.25) is 0 Å². The first-order valence-corrected chi connectivity index (χ1v) is 8.76. The number of hydrogen-bond acceptors (Lipinski definition) is 5. The van der Waals surface area contributed by atoms with Gasteiger partial charge >= 0.3 is 0 Å². The van der Waals surface area contributed by atoms with E-state index in [1.807, 2.05) is 6.07 Å². The fourth-order valence-electron chi connectivity index (χ4n) is 3.79. The summed E-state index contributed by atoms with van der Waals surface area (Å²) in [7, 11) is 3.35. The maximum absolute atomic E-state index is 5.50. The molecule has 4 rings (SSSR count). The first-order chi connectivity index (χ1) is 11.7. The molecule has 1 fully saturated rings. The number of fused-ring (bicyclic) bond motifs is 2. The molecule has 5 heteroatoms. The van der Waals surface area contributed by atoms with Crippen molar-refractivity contribution in [3.05, 3.63) is 23.4 Å². The first kappa shape index (κ1) is 15.5. The Morgan fingerprint density at radius 1 is 1.21 bits per heavy atom. The number of aromatic nitrogens is 1. The van der Waals surface area contributed by atoms with Gasteiger partial charge in [-0.2, -0.15) is 0 Å². The number of pyridine rings is 1. The number of nitrogens with one attached hydrogen (secondary N) is 2. The van der Waals surface area contributed by atoms with Crippen LogP contribution in [0.5, 0.6) is 11.5 Å². The Hall–Kier alpha value is -2.01.